The van der Waals surface area contributed by atoms with Crippen molar-refractivity contribution >= 4 is 32.6 Å². The number of carbonyl (C=O) groups is 1. The molecule has 1 amide bonds. The molecule has 1 aliphatic rings. The van der Waals surface area contributed by atoms with E-state index in [4.69, 9.17) is 9.15 Å². The van der Waals surface area contributed by atoms with Crippen LogP contribution < -0.4 is 0 Å². The minimum absolute atomic E-state index is 0.0772. The smallest absolute Gasteiger partial charge is 0.410 e. The summed E-state index contributed by atoms with van der Waals surface area (Å²) in [4.78, 5) is 18.2. The van der Waals surface area contributed by atoms with E-state index in [0.29, 0.717) is 30.6 Å². The number of amides is 1. The molecule has 0 unspecified atom stereocenters. The van der Waals surface area contributed by atoms with Gasteiger partial charge in [-0.3, -0.25) is 0 Å². The van der Waals surface area contributed by atoms with Crippen LogP contribution in [0.15, 0.2) is 51.8 Å². The highest BCUT2D eigenvalue weighted by Gasteiger charge is 2.24. The summed E-state index contributed by atoms with van der Waals surface area (Å²) in [5.74, 6) is -0.643. The molecule has 0 atom stereocenters. The predicted octanol–water partition coefficient (Wildman–Crippen LogP) is 5.06. The monoisotopic (exact) mass is 472 g/mol. The van der Waals surface area contributed by atoms with Gasteiger partial charge in [0.1, 0.15) is 16.9 Å². The normalized spacial score (nSPS) is 14.9. The molecule has 0 aliphatic carbocycles. The number of ether oxygens (including phenoxy) is 1. The molecule has 0 radical (unpaired) electrons. The fourth-order valence-corrected chi connectivity index (χ4v) is 4.20. The van der Waals surface area contributed by atoms with E-state index in [2.05, 4.69) is 4.98 Å². The number of hydrogen-bond donors (Lipinski definition) is 0. The van der Waals surface area contributed by atoms with Crippen molar-refractivity contribution in [3.05, 3.63) is 53.9 Å². The van der Waals surface area contributed by atoms with E-state index in [1.807, 2.05) is 39.0 Å². The van der Waals surface area contributed by atoms with E-state index in [1.54, 1.807) is 11.0 Å². The number of hydrogen-bond acceptors (Lipinski definition) is 6. The molecule has 33 heavy (non-hydrogen) atoms. The van der Waals surface area contributed by atoms with Crippen molar-refractivity contribution in [3.8, 4) is 11.5 Å². The highest BCUT2D eigenvalue weighted by Crippen LogP contribution is 2.31. The SMILES string of the molecule is CC(C)(C)OC(=O)N1CC=C(c2ccc3oc(-c4ccc(S(C)(=O)=O)cc4F)nc3c2)CC1. The van der Waals surface area contributed by atoms with Gasteiger partial charge in [-0.05, 0) is 68.7 Å². The van der Waals surface area contributed by atoms with Crippen LogP contribution in [-0.2, 0) is 14.6 Å². The van der Waals surface area contributed by atoms with Crippen LogP contribution in [0.2, 0.25) is 0 Å². The van der Waals surface area contributed by atoms with Crippen LogP contribution in [-0.4, -0.2) is 49.3 Å². The topological polar surface area (TPSA) is 89.7 Å². The number of rotatable bonds is 3. The number of halogens is 1. The number of aromatic nitrogens is 1. The zero-order chi connectivity index (χ0) is 24.0. The van der Waals surface area contributed by atoms with Gasteiger partial charge in [0.25, 0.3) is 0 Å². The molecule has 1 aliphatic heterocycles. The van der Waals surface area contributed by atoms with Crippen LogP contribution in [0.25, 0.3) is 28.1 Å². The summed E-state index contributed by atoms with van der Waals surface area (Å²) >= 11 is 0. The van der Waals surface area contributed by atoms with E-state index >= 15 is 0 Å². The largest absolute Gasteiger partial charge is 0.444 e. The number of nitrogens with zero attached hydrogens (tertiary/aromatic N) is 2. The van der Waals surface area contributed by atoms with Gasteiger partial charge in [-0.1, -0.05) is 12.1 Å². The fourth-order valence-electron chi connectivity index (χ4n) is 3.57. The first-order valence-electron chi connectivity index (χ1n) is 10.5. The third-order valence-electron chi connectivity index (χ3n) is 5.22. The minimum atomic E-state index is -3.52. The molecule has 0 bridgehead atoms. The summed E-state index contributed by atoms with van der Waals surface area (Å²) in [6.07, 6.45) is 3.34. The van der Waals surface area contributed by atoms with Gasteiger partial charge in [0.05, 0.1) is 10.5 Å². The quantitative estimate of drug-likeness (QED) is 0.529. The number of oxazole rings is 1. The van der Waals surface area contributed by atoms with Crippen molar-refractivity contribution < 1.29 is 26.8 Å². The molecule has 0 saturated carbocycles. The molecule has 0 N–H and O–H groups in total. The standard InChI is InChI=1S/C24H25FN2O5S/c1-24(2,3)32-23(28)27-11-9-15(10-12-27)16-5-8-21-20(13-16)26-22(31-21)18-7-6-17(14-19(18)25)33(4,29)30/h5-9,13-14H,10-12H2,1-4H3. The van der Waals surface area contributed by atoms with Gasteiger partial charge in [-0.25, -0.2) is 22.6 Å². The molecule has 9 heteroatoms. The van der Waals surface area contributed by atoms with Crippen LogP contribution in [0.5, 0.6) is 0 Å². The Bertz CT molecular complexity index is 1370. The van der Waals surface area contributed by atoms with E-state index in [0.717, 1.165) is 23.5 Å². The summed E-state index contributed by atoms with van der Waals surface area (Å²) < 4.78 is 49.0. The van der Waals surface area contributed by atoms with Crippen LogP contribution in [0, 0.1) is 5.82 Å². The second kappa shape index (κ2) is 8.30. The lowest BCUT2D eigenvalue weighted by Crippen LogP contribution is -2.39. The molecule has 2 heterocycles. The summed E-state index contributed by atoms with van der Waals surface area (Å²) in [7, 11) is -3.52. The van der Waals surface area contributed by atoms with Crippen molar-refractivity contribution in [2.24, 2.45) is 0 Å². The average Bonchev–Trinajstić information content (AvgIpc) is 3.15. The Morgan fingerprint density at radius 3 is 2.55 bits per heavy atom. The first kappa shape index (κ1) is 23.0. The summed E-state index contributed by atoms with van der Waals surface area (Å²) in [5, 5.41) is 0. The Morgan fingerprint density at radius 1 is 1.18 bits per heavy atom. The third kappa shape index (κ3) is 5.08. The Kier molecular flexibility index (Phi) is 5.78. The van der Waals surface area contributed by atoms with Gasteiger partial charge in [0.2, 0.25) is 5.89 Å². The maximum atomic E-state index is 14.6. The molecule has 1 aromatic heterocycles. The Morgan fingerprint density at radius 2 is 1.94 bits per heavy atom. The highest BCUT2D eigenvalue weighted by atomic mass is 32.2. The van der Waals surface area contributed by atoms with Gasteiger partial charge < -0.3 is 14.1 Å². The summed E-state index contributed by atoms with van der Waals surface area (Å²) in [5.41, 5.74) is 2.62. The van der Waals surface area contributed by atoms with Gasteiger partial charge in [0, 0.05) is 19.3 Å². The molecule has 3 aromatic rings. The van der Waals surface area contributed by atoms with Gasteiger partial charge >= 0.3 is 6.09 Å². The van der Waals surface area contributed by atoms with Gasteiger partial charge in [-0.2, -0.15) is 0 Å². The lowest BCUT2D eigenvalue weighted by molar-refractivity contribution is 0.0270. The molecule has 174 valence electrons. The molecule has 0 saturated heterocycles. The van der Waals surface area contributed by atoms with Crippen LogP contribution >= 0.6 is 0 Å². The zero-order valence-electron chi connectivity index (χ0n) is 18.9. The molecule has 4 rings (SSSR count). The number of benzene rings is 2. The van der Waals surface area contributed by atoms with E-state index in [9.17, 15) is 17.6 Å². The molecule has 7 nitrogen and oxygen atoms in total. The van der Waals surface area contributed by atoms with Crippen molar-refractivity contribution in [2.75, 3.05) is 19.3 Å². The second-order valence-electron chi connectivity index (χ2n) is 9.02. The third-order valence-corrected chi connectivity index (χ3v) is 6.33. The Hall–Kier alpha value is -3.20. The lowest BCUT2D eigenvalue weighted by atomic mass is 9.99. The van der Waals surface area contributed by atoms with Crippen molar-refractivity contribution in [1.82, 2.24) is 9.88 Å². The highest BCUT2D eigenvalue weighted by molar-refractivity contribution is 7.90. The average molecular weight is 473 g/mol. The van der Waals surface area contributed by atoms with Crippen molar-refractivity contribution in [1.29, 1.82) is 0 Å². The zero-order valence-corrected chi connectivity index (χ0v) is 19.7. The summed E-state index contributed by atoms with van der Waals surface area (Å²) in [6, 6.07) is 9.18. The van der Waals surface area contributed by atoms with Crippen LogP contribution in [0.1, 0.15) is 32.8 Å². The lowest BCUT2D eigenvalue weighted by Gasteiger charge is -2.29. The van der Waals surface area contributed by atoms with E-state index in [-0.39, 0.29) is 22.4 Å². The molecule has 0 spiro atoms. The fraction of sp³-hybridized carbons (Fsp3) is 0.333. The van der Waals surface area contributed by atoms with Crippen LogP contribution in [0.4, 0.5) is 9.18 Å². The van der Waals surface area contributed by atoms with Crippen LogP contribution in [0.3, 0.4) is 0 Å². The van der Waals surface area contributed by atoms with Crippen molar-refractivity contribution in [2.45, 2.75) is 37.7 Å². The molecular weight excluding hydrogens is 447 g/mol. The Balaban J connectivity index is 1.56. The molecule has 2 aromatic carbocycles. The Labute approximate surface area is 191 Å². The molecular formula is C24H25FN2O5S. The maximum Gasteiger partial charge on any atom is 0.410 e. The number of sulfone groups is 1. The first-order valence-corrected chi connectivity index (χ1v) is 12.4. The van der Waals surface area contributed by atoms with Crippen molar-refractivity contribution in [3.63, 3.8) is 0 Å². The molecule has 0 fully saturated rings. The second-order valence-corrected chi connectivity index (χ2v) is 11.0. The van der Waals surface area contributed by atoms with E-state index < -0.39 is 21.3 Å². The predicted molar refractivity (Wildman–Crippen MR) is 123 cm³/mol. The van der Waals surface area contributed by atoms with E-state index in [1.165, 1.54) is 12.1 Å². The van der Waals surface area contributed by atoms with Gasteiger partial charge in [0.15, 0.2) is 15.4 Å². The number of carbonyl (C=O) groups excluding carboxylic acids is 1. The maximum absolute atomic E-state index is 14.6. The first-order chi connectivity index (χ1) is 15.4. The van der Waals surface area contributed by atoms with Gasteiger partial charge in [-0.15, -0.1) is 0 Å². The number of fused-ring (bicyclic) bond motifs is 1. The summed E-state index contributed by atoms with van der Waals surface area (Å²) in [6.45, 7) is 6.50. The minimum Gasteiger partial charge on any atom is -0.444 e.